The predicted molar refractivity (Wildman–Crippen MR) is 81.9 cm³/mol. The summed E-state index contributed by atoms with van der Waals surface area (Å²) in [5.41, 5.74) is 1.90. The highest BCUT2D eigenvalue weighted by Gasteiger charge is 2.26. The van der Waals surface area contributed by atoms with Crippen molar-refractivity contribution >= 4 is 6.08 Å². The van der Waals surface area contributed by atoms with Gasteiger partial charge in [-0.2, -0.15) is 0 Å². The first-order chi connectivity index (χ1) is 9.02. The molecule has 0 aliphatic heterocycles. The Hall–Kier alpha value is -1.44. The lowest BCUT2D eigenvalue weighted by Crippen LogP contribution is -2.19. The molecule has 0 fully saturated rings. The standard InChI is InChI=1S/C17H26O2/c1-6-9-10-13-11-15(18)14(12-16(13)19-5)17(4,7-2)8-3/h9-12,18H,6-8H2,1-5H3/b10-9+. The van der Waals surface area contributed by atoms with Crippen LogP contribution in [0.3, 0.4) is 0 Å². The number of benzene rings is 1. The maximum Gasteiger partial charge on any atom is 0.126 e. The largest absolute Gasteiger partial charge is 0.508 e. The lowest BCUT2D eigenvalue weighted by molar-refractivity contribution is 0.384. The topological polar surface area (TPSA) is 29.5 Å². The van der Waals surface area contributed by atoms with Crippen LogP contribution >= 0.6 is 0 Å². The minimum Gasteiger partial charge on any atom is -0.508 e. The predicted octanol–water partition coefficient (Wildman–Crippen LogP) is 4.90. The molecule has 2 heteroatoms. The highest BCUT2D eigenvalue weighted by Crippen LogP contribution is 2.40. The molecular weight excluding hydrogens is 236 g/mol. The highest BCUT2D eigenvalue weighted by atomic mass is 16.5. The second-order valence-corrected chi connectivity index (χ2v) is 5.19. The second-order valence-electron chi connectivity index (χ2n) is 5.19. The van der Waals surface area contributed by atoms with Crippen molar-refractivity contribution in [2.45, 2.75) is 52.4 Å². The lowest BCUT2D eigenvalue weighted by atomic mass is 9.77. The van der Waals surface area contributed by atoms with Crippen molar-refractivity contribution in [3.05, 3.63) is 29.3 Å². The molecule has 0 unspecified atom stereocenters. The summed E-state index contributed by atoms with van der Waals surface area (Å²) < 4.78 is 5.46. The van der Waals surface area contributed by atoms with Crippen molar-refractivity contribution in [1.82, 2.24) is 0 Å². The summed E-state index contributed by atoms with van der Waals surface area (Å²) in [5.74, 6) is 1.19. The summed E-state index contributed by atoms with van der Waals surface area (Å²) in [4.78, 5) is 0. The smallest absolute Gasteiger partial charge is 0.126 e. The van der Waals surface area contributed by atoms with Gasteiger partial charge in [-0.25, -0.2) is 0 Å². The van der Waals surface area contributed by atoms with E-state index in [-0.39, 0.29) is 5.41 Å². The van der Waals surface area contributed by atoms with Gasteiger partial charge in [-0.05, 0) is 36.8 Å². The third-order valence-electron chi connectivity index (χ3n) is 4.09. The zero-order chi connectivity index (χ0) is 14.5. The molecule has 106 valence electrons. The van der Waals surface area contributed by atoms with E-state index in [1.165, 1.54) is 0 Å². The molecule has 1 rings (SSSR count). The molecule has 0 spiro atoms. The molecule has 0 aliphatic rings. The maximum absolute atomic E-state index is 10.3. The number of rotatable bonds is 6. The fraction of sp³-hybridized carbons (Fsp3) is 0.529. The van der Waals surface area contributed by atoms with E-state index in [1.54, 1.807) is 7.11 Å². The van der Waals surface area contributed by atoms with Crippen LogP contribution in [0.25, 0.3) is 6.08 Å². The van der Waals surface area contributed by atoms with E-state index in [2.05, 4.69) is 33.8 Å². The molecule has 0 bridgehead atoms. The summed E-state index contributed by atoms with van der Waals surface area (Å²) in [7, 11) is 1.68. The summed E-state index contributed by atoms with van der Waals surface area (Å²) in [6.07, 6.45) is 7.01. The number of hydrogen-bond acceptors (Lipinski definition) is 2. The number of phenols is 1. The van der Waals surface area contributed by atoms with E-state index < -0.39 is 0 Å². The van der Waals surface area contributed by atoms with Crippen LogP contribution in [0.2, 0.25) is 0 Å². The van der Waals surface area contributed by atoms with Crippen LogP contribution < -0.4 is 4.74 Å². The average molecular weight is 262 g/mol. The van der Waals surface area contributed by atoms with Crippen LogP contribution in [-0.2, 0) is 5.41 Å². The molecule has 0 radical (unpaired) electrons. The Bertz CT molecular complexity index is 443. The normalized spacial score (nSPS) is 12.1. The van der Waals surface area contributed by atoms with Crippen LogP contribution in [0.1, 0.15) is 58.1 Å². The third kappa shape index (κ3) is 3.31. The number of phenolic OH excluding ortho intramolecular Hbond substituents is 1. The first-order valence-corrected chi connectivity index (χ1v) is 7.10. The molecule has 1 aromatic carbocycles. The Balaban J connectivity index is 3.34. The maximum atomic E-state index is 10.3. The second kappa shape index (κ2) is 6.65. The van der Waals surface area contributed by atoms with E-state index in [0.29, 0.717) is 5.75 Å². The van der Waals surface area contributed by atoms with Crippen molar-refractivity contribution in [3.63, 3.8) is 0 Å². The quantitative estimate of drug-likeness (QED) is 0.790. The van der Waals surface area contributed by atoms with Crippen LogP contribution in [0.5, 0.6) is 11.5 Å². The minimum atomic E-state index is -0.00956. The SMILES string of the molecule is CC/C=C/c1cc(O)c(C(C)(CC)CC)cc1OC. The van der Waals surface area contributed by atoms with Gasteiger partial charge in [0.15, 0.2) is 0 Å². The summed E-state index contributed by atoms with van der Waals surface area (Å²) in [6.45, 7) is 8.58. The molecule has 0 heterocycles. The zero-order valence-electron chi connectivity index (χ0n) is 12.8. The Labute approximate surface area is 117 Å². The van der Waals surface area contributed by atoms with Gasteiger partial charge in [-0.3, -0.25) is 0 Å². The van der Waals surface area contributed by atoms with Gasteiger partial charge in [0.05, 0.1) is 7.11 Å². The number of allylic oxidation sites excluding steroid dienone is 1. The van der Waals surface area contributed by atoms with E-state index in [9.17, 15) is 5.11 Å². The van der Waals surface area contributed by atoms with Crippen LogP contribution in [0, 0.1) is 0 Å². The number of hydrogen-bond donors (Lipinski definition) is 1. The fourth-order valence-corrected chi connectivity index (χ4v) is 2.25. The molecule has 0 saturated heterocycles. The van der Waals surface area contributed by atoms with Gasteiger partial charge in [0.25, 0.3) is 0 Å². The molecule has 19 heavy (non-hydrogen) atoms. The summed E-state index contributed by atoms with van der Waals surface area (Å²) in [5, 5.41) is 10.3. The number of methoxy groups -OCH3 is 1. The highest BCUT2D eigenvalue weighted by molar-refractivity contribution is 5.62. The monoisotopic (exact) mass is 262 g/mol. The first kappa shape index (κ1) is 15.6. The first-order valence-electron chi connectivity index (χ1n) is 7.10. The van der Waals surface area contributed by atoms with E-state index >= 15 is 0 Å². The zero-order valence-corrected chi connectivity index (χ0v) is 12.8. The van der Waals surface area contributed by atoms with E-state index in [0.717, 1.165) is 36.1 Å². The number of aromatic hydroxyl groups is 1. The van der Waals surface area contributed by atoms with Crippen molar-refractivity contribution < 1.29 is 9.84 Å². The molecular formula is C17H26O2. The van der Waals surface area contributed by atoms with E-state index in [4.69, 9.17) is 4.74 Å². The lowest BCUT2D eigenvalue weighted by Gasteiger charge is -2.29. The van der Waals surface area contributed by atoms with Gasteiger partial charge in [0, 0.05) is 11.1 Å². The van der Waals surface area contributed by atoms with Crippen LogP contribution in [-0.4, -0.2) is 12.2 Å². The van der Waals surface area contributed by atoms with Crippen molar-refractivity contribution in [3.8, 4) is 11.5 Å². The van der Waals surface area contributed by atoms with Crippen LogP contribution in [0.4, 0.5) is 0 Å². The molecule has 0 aliphatic carbocycles. The number of ether oxygens (including phenoxy) is 1. The van der Waals surface area contributed by atoms with Gasteiger partial charge in [0.1, 0.15) is 11.5 Å². The molecule has 2 nitrogen and oxygen atoms in total. The Morgan fingerprint density at radius 2 is 1.84 bits per heavy atom. The fourth-order valence-electron chi connectivity index (χ4n) is 2.25. The molecule has 0 aromatic heterocycles. The van der Waals surface area contributed by atoms with Crippen LogP contribution in [0.15, 0.2) is 18.2 Å². The van der Waals surface area contributed by atoms with E-state index in [1.807, 2.05) is 18.2 Å². The molecule has 0 saturated carbocycles. The summed E-state index contributed by atoms with van der Waals surface area (Å²) in [6, 6.07) is 3.79. The van der Waals surface area contributed by atoms with Gasteiger partial charge in [-0.15, -0.1) is 0 Å². The third-order valence-corrected chi connectivity index (χ3v) is 4.09. The molecule has 0 amide bonds. The van der Waals surface area contributed by atoms with Gasteiger partial charge in [0.2, 0.25) is 0 Å². The molecule has 1 aromatic rings. The van der Waals surface area contributed by atoms with Crippen molar-refractivity contribution in [2.24, 2.45) is 0 Å². The Morgan fingerprint density at radius 3 is 2.32 bits per heavy atom. The minimum absolute atomic E-state index is 0.00956. The average Bonchev–Trinajstić information content (AvgIpc) is 2.44. The van der Waals surface area contributed by atoms with Gasteiger partial charge >= 0.3 is 0 Å². The Kier molecular flexibility index (Phi) is 5.46. The van der Waals surface area contributed by atoms with Gasteiger partial charge < -0.3 is 9.84 Å². The Morgan fingerprint density at radius 1 is 1.21 bits per heavy atom. The van der Waals surface area contributed by atoms with Crippen molar-refractivity contribution in [2.75, 3.05) is 7.11 Å². The molecule has 1 N–H and O–H groups in total. The summed E-state index contributed by atoms with van der Waals surface area (Å²) >= 11 is 0. The molecule has 0 atom stereocenters. The van der Waals surface area contributed by atoms with Crippen molar-refractivity contribution in [1.29, 1.82) is 0 Å². The van der Waals surface area contributed by atoms with Gasteiger partial charge in [-0.1, -0.05) is 39.8 Å².